The lowest BCUT2D eigenvalue weighted by molar-refractivity contribution is 0.627. The predicted octanol–water partition coefficient (Wildman–Crippen LogP) is 0.338. The van der Waals surface area contributed by atoms with Gasteiger partial charge in [0.05, 0.1) is 11.9 Å². The Morgan fingerprint density at radius 3 is 2.70 bits per heavy atom. The quantitative estimate of drug-likeness (QED) is 0.748. The maximum Gasteiger partial charge on any atom is 0.343 e. The molecule has 3 aromatic rings. The van der Waals surface area contributed by atoms with E-state index in [1.807, 2.05) is 6.92 Å². The molecule has 9 heteroatoms. The summed E-state index contributed by atoms with van der Waals surface area (Å²) in [5, 5.41) is 4.52. The third-order valence-corrected chi connectivity index (χ3v) is 5.64. The number of aromatic nitrogens is 5. The second-order valence-corrected chi connectivity index (χ2v) is 6.91. The lowest BCUT2D eigenvalue weighted by Crippen LogP contribution is -2.38. The van der Waals surface area contributed by atoms with E-state index in [0.29, 0.717) is 10.2 Å². The summed E-state index contributed by atoms with van der Waals surface area (Å²) < 4.78 is 4.20. The third-order valence-electron chi connectivity index (χ3n) is 4.28. The molecule has 0 atom stereocenters. The van der Waals surface area contributed by atoms with Gasteiger partial charge in [-0.2, -0.15) is 5.10 Å². The van der Waals surface area contributed by atoms with Crippen LogP contribution in [0.25, 0.3) is 10.2 Å². The van der Waals surface area contributed by atoms with E-state index in [1.54, 1.807) is 7.05 Å². The number of nitrogens with zero attached hydrogens (tertiary/aromatic N) is 4. The van der Waals surface area contributed by atoms with Crippen molar-refractivity contribution in [2.24, 2.45) is 7.05 Å². The molecule has 0 radical (unpaired) electrons. The Kier molecular flexibility index (Phi) is 2.95. The number of aromatic amines is 1. The molecular weight excluding hydrogens is 318 g/mol. The summed E-state index contributed by atoms with van der Waals surface area (Å²) in [6, 6.07) is 0.0299. The summed E-state index contributed by atoms with van der Waals surface area (Å²) in [6.07, 6.45) is 3.08. The van der Waals surface area contributed by atoms with Gasteiger partial charge < -0.3 is 0 Å². The van der Waals surface area contributed by atoms with Gasteiger partial charge in [-0.1, -0.05) is 0 Å². The molecule has 3 aromatic heterocycles. The average Bonchev–Trinajstić information content (AvgIpc) is 3.18. The fraction of sp³-hybridized carbons (Fsp3) is 0.429. The molecule has 1 aliphatic rings. The molecule has 0 spiro atoms. The summed E-state index contributed by atoms with van der Waals surface area (Å²) in [7, 11) is 1.68. The fourth-order valence-electron chi connectivity index (χ4n) is 2.82. The van der Waals surface area contributed by atoms with E-state index >= 15 is 0 Å². The van der Waals surface area contributed by atoms with Crippen LogP contribution in [0.3, 0.4) is 0 Å². The van der Waals surface area contributed by atoms with Gasteiger partial charge in [0.15, 0.2) is 0 Å². The molecule has 0 aliphatic heterocycles. The standard InChI is InChI=1S/C14H15N5O3S/c1-7-9(5-18-13(21)15-6-16-18)23-12-10(7)11(20)19(8-3-4-8)14(22)17(12)2/h6,8H,3-5H2,1-2H3,(H,15,16,21). The van der Waals surface area contributed by atoms with Crippen LogP contribution < -0.4 is 16.9 Å². The van der Waals surface area contributed by atoms with Crippen molar-refractivity contribution in [2.75, 3.05) is 0 Å². The van der Waals surface area contributed by atoms with Crippen molar-refractivity contribution < 1.29 is 0 Å². The van der Waals surface area contributed by atoms with Gasteiger partial charge in [0.1, 0.15) is 11.2 Å². The summed E-state index contributed by atoms with van der Waals surface area (Å²) in [6.45, 7) is 2.14. The second-order valence-electron chi connectivity index (χ2n) is 5.83. The minimum Gasteiger partial charge on any atom is -0.295 e. The van der Waals surface area contributed by atoms with Gasteiger partial charge in [0, 0.05) is 18.0 Å². The van der Waals surface area contributed by atoms with Crippen molar-refractivity contribution in [3.8, 4) is 0 Å². The summed E-state index contributed by atoms with van der Waals surface area (Å²) >= 11 is 1.36. The molecule has 0 amide bonds. The van der Waals surface area contributed by atoms with Crippen molar-refractivity contribution in [3.63, 3.8) is 0 Å². The smallest absolute Gasteiger partial charge is 0.295 e. The zero-order valence-electron chi connectivity index (χ0n) is 12.7. The fourth-order valence-corrected chi connectivity index (χ4v) is 4.06. The molecule has 0 saturated heterocycles. The molecular formula is C14H15N5O3S. The van der Waals surface area contributed by atoms with Crippen LogP contribution in [-0.4, -0.2) is 23.9 Å². The molecule has 0 aromatic carbocycles. The monoisotopic (exact) mass is 333 g/mol. The van der Waals surface area contributed by atoms with Crippen molar-refractivity contribution in [3.05, 3.63) is 48.1 Å². The Morgan fingerprint density at radius 2 is 2.09 bits per heavy atom. The SMILES string of the molecule is Cc1c(Cn2nc[nH]c2=O)sc2c1c(=O)n(C1CC1)c(=O)n2C. The molecule has 1 fully saturated rings. The summed E-state index contributed by atoms with van der Waals surface area (Å²) in [4.78, 5) is 40.8. The van der Waals surface area contributed by atoms with E-state index in [9.17, 15) is 14.4 Å². The van der Waals surface area contributed by atoms with Crippen molar-refractivity contribution in [2.45, 2.75) is 32.4 Å². The molecule has 23 heavy (non-hydrogen) atoms. The number of nitrogens with one attached hydrogen (secondary N) is 1. The van der Waals surface area contributed by atoms with Crippen LogP contribution in [0.2, 0.25) is 0 Å². The van der Waals surface area contributed by atoms with Crippen LogP contribution in [0.4, 0.5) is 0 Å². The van der Waals surface area contributed by atoms with E-state index < -0.39 is 0 Å². The first-order chi connectivity index (χ1) is 11.0. The van der Waals surface area contributed by atoms with Crippen LogP contribution in [0, 0.1) is 6.92 Å². The highest BCUT2D eigenvalue weighted by atomic mass is 32.1. The normalized spacial score (nSPS) is 14.7. The predicted molar refractivity (Wildman–Crippen MR) is 86.3 cm³/mol. The molecule has 8 nitrogen and oxygen atoms in total. The first-order valence-corrected chi connectivity index (χ1v) is 8.14. The van der Waals surface area contributed by atoms with Gasteiger partial charge in [0.25, 0.3) is 5.56 Å². The molecule has 1 aliphatic carbocycles. The highest BCUT2D eigenvalue weighted by molar-refractivity contribution is 7.18. The number of rotatable bonds is 3. The van der Waals surface area contributed by atoms with Crippen LogP contribution in [-0.2, 0) is 13.6 Å². The molecule has 1 N–H and O–H groups in total. The molecule has 120 valence electrons. The first kappa shape index (κ1) is 14.2. The van der Waals surface area contributed by atoms with E-state index in [4.69, 9.17) is 0 Å². The number of aryl methyl sites for hydroxylation is 2. The van der Waals surface area contributed by atoms with Crippen LogP contribution in [0.15, 0.2) is 20.7 Å². The largest absolute Gasteiger partial charge is 0.343 e. The topological polar surface area (TPSA) is 94.7 Å². The average molecular weight is 333 g/mol. The second kappa shape index (κ2) is 4.79. The Hall–Kier alpha value is -2.42. The molecule has 0 unspecified atom stereocenters. The van der Waals surface area contributed by atoms with Crippen molar-refractivity contribution >= 4 is 21.6 Å². The van der Waals surface area contributed by atoms with Gasteiger partial charge in [-0.3, -0.25) is 18.9 Å². The molecule has 3 heterocycles. The third kappa shape index (κ3) is 2.03. The van der Waals surface area contributed by atoms with Gasteiger partial charge >= 0.3 is 11.4 Å². The van der Waals surface area contributed by atoms with E-state index in [-0.39, 0.29) is 29.5 Å². The Morgan fingerprint density at radius 1 is 1.35 bits per heavy atom. The first-order valence-electron chi connectivity index (χ1n) is 7.33. The van der Waals surface area contributed by atoms with Crippen LogP contribution in [0.5, 0.6) is 0 Å². The maximum absolute atomic E-state index is 12.8. The molecule has 0 bridgehead atoms. The number of H-pyrrole nitrogens is 1. The van der Waals surface area contributed by atoms with Gasteiger partial charge in [-0.15, -0.1) is 11.3 Å². The Balaban J connectivity index is 1.98. The lowest BCUT2D eigenvalue weighted by Gasteiger charge is -2.06. The zero-order valence-corrected chi connectivity index (χ0v) is 13.5. The van der Waals surface area contributed by atoms with Crippen LogP contribution >= 0.6 is 11.3 Å². The van der Waals surface area contributed by atoms with Crippen LogP contribution in [0.1, 0.15) is 29.3 Å². The van der Waals surface area contributed by atoms with E-state index in [0.717, 1.165) is 23.3 Å². The number of hydrogen-bond donors (Lipinski definition) is 1. The van der Waals surface area contributed by atoms with Crippen molar-refractivity contribution in [1.82, 2.24) is 23.9 Å². The number of thiophene rings is 1. The highest BCUT2D eigenvalue weighted by Crippen LogP contribution is 2.34. The van der Waals surface area contributed by atoms with Gasteiger partial charge in [-0.25, -0.2) is 14.3 Å². The van der Waals surface area contributed by atoms with E-state index in [2.05, 4.69) is 10.1 Å². The number of hydrogen-bond acceptors (Lipinski definition) is 5. The van der Waals surface area contributed by atoms with Gasteiger partial charge in [-0.05, 0) is 25.3 Å². The summed E-state index contributed by atoms with van der Waals surface area (Å²) in [5.41, 5.74) is 0.0238. The minimum absolute atomic E-state index is 0.0299. The zero-order chi connectivity index (χ0) is 16.3. The lowest BCUT2D eigenvalue weighted by atomic mass is 10.2. The molecule has 4 rings (SSSR count). The Bertz CT molecular complexity index is 1090. The molecule has 1 saturated carbocycles. The van der Waals surface area contributed by atoms with Gasteiger partial charge in [0.2, 0.25) is 0 Å². The maximum atomic E-state index is 12.8. The van der Waals surface area contributed by atoms with E-state index in [1.165, 1.54) is 31.5 Å². The van der Waals surface area contributed by atoms with Crippen molar-refractivity contribution in [1.29, 1.82) is 0 Å². The summed E-state index contributed by atoms with van der Waals surface area (Å²) in [5.74, 6) is 0. The number of fused-ring (bicyclic) bond motifs is 1. The highest BCUT2D eigenvalue weighted by Gasteiger charge is 2.29. The minimum atomic E-state index is -0.300. The Labute approximate surface area is 133 Å².